The normalized spacial score (nSPS) is 10.2. The molecule has 0 spiro atoms. The maximum Gasteiger partial charge on any atom is 0.185 e. The minimum absolute atomic E-state index is 0.270. The van der Waals surface area contributed by atoms with Crippen molar-refractivity contribution in [3.8, 4) is 5.82 Å². The second-order valence-electron chi connectivity index (χ2n) is 2.74. The molecule has 2 aromatic rings. The molecule has 2 rings (SSSR count). The highest BCUT2D eigenvalue weighted by Crippen LogP contribution is 2.13. The first-order chi connectivity index (χ1) is 7.18. The van der Waals surface area contributed by atoms with Gasteiger partial charge in [0.15, 0.2) is 5.82 Å². The SMILES string of the molecule is NC(=S)c1ccnnc1-n1cc(Br)cn1. The largest absolute Gasteiger partial charge is 0.389 e. The van der Waals surface area contributed by atoms with Crippen LogP contribution in [0.1, 0.15) is 5.56 Å². The zero-order valence-corrected chi connectivity index (χ0v) is 9.86. The van der Waals surface area contributed by atoms with Crippen LogP contribution < -0.4 is 5.73 Å². The monoisotopic (exact) mass is 283 g/mol. The van der Waals surface area contributed by atoms with Gasteiger partial charge in [-0.1, -0.05) is 12.2 Å². The summed E-state index contributed by atoms with van der Waals surface area (Å²) in [6.45, 7) is 0. The molecule has 7 heteroatoms. The molecular formula is C8H6BrN5S. The van der Waals surface area contributed by atoms with Crippen molar-refractivity contribution >= 4 is 33.1 Å². The Labute approximate surface area is 99.4 Å². The van der Waals surface area contributed by atoms with Crippen LogP contribution in [0.3, 0.4) is 0 Å². The van der Waals surface area contributed by atoms with Crippen LogP contribution in [0.5, 0.6) is 0 Å². The van der Waals surface area contributed by atoms with Gasteiger partial charge >= 0.3 is 0 Å². The van der Waals surface area contributed by atoms with Crippen LogP contribution in [-0.2, 0) is 0 Å². The van der Waals surface area contributed by atoms with Crippen molar-refractivity contribution in [2.45, 2.75) is 0 Å². The molecule has 0 amide bonds. The van der Waals surface area contributed by atoms with Crippen LogP contribution in [0.25, 0.3) is 5.82 Å². The number of halogens is 1. The molecule has 0 saturated heterocycles. The molecule has 0 aromatic carbocycles. The molecule has 0 saturated carbocycles. The summed E-state index contributed by atoms with van der Waals surface area (Å²) in [4.78, 5) is 0.270. The van der Waals surface area contributed by atoms with E-state index in [9.17, 15) is 0 Å². The van der Waals surface area contributed by atoms with E-state index in [1.807, 2.05) is 0 Å². The van der Waals surface area contributed by atoms with E-state index in [-0.39, 0.29) is 4.99 Å². The molecule has 0 aliphatic carbocycles. The van der Waals surface area contributed by atoms with Crippen LogP contribution >= 0.6 is 28.1 Å². The average molecular weight is 284 g/mol. The van der Waals surface area contributed by atoms with Gasteiger partial charge in [0.2, 0.25) is 0 Å². The van der Waals surface area contributed by atoms with Gasteiger partial charge in [-0.05, 0) is 22.0 Å². The Morgan fingerprint density at radius 3 is 2.93 bits per heavy atom. The number of nitrogens with zero attached hydrogens (tertiary/aromatic N) is 4. The molecule has 0 aliphatic heterocycles. The lowest BCUT2D eigenvalue weighted by atomic mass is 10.3. The molecular weight excluding hydrogens is 278 g/mol. The Bertz CT molecular complexity index is 509. The average Bonchev–Trinajstić information content (AvgIpc) is 2.65. The van der Waals surface area contributed by atoms with E-state index in [4.69, 9.17) is 18.0 Å². The van der Waals surface area contributed by atoms with Crippen molar-refractivity contribution in [1.29, 1.82) is 0 Å². The van der Waals surface area contributed by atoms with Crippen molar-refractivity contribution in [3.63, 3.8) is 0 Å². The van der Waals surface area contributed by atoms with E-state index in [1.165, 1.54) is 6.20 Å². The Morgan fingerprint density at radius 2 is 2.33 bits per heavy atom. The lowest BCUT2D eigenvalue weighted by Gasteiger charge is -2.04. The second-order valence-corrected chi connectivity index (χ2v) is 4.09. The van der Waals surface area contributed by atoms with Gasteiger partial charge in [-0.2, -0.15) is 10.2 Å². The summed E-state index contributed by atoms with van der Waals surface area (Å²) < 4.78 is 2.41. The highest BCUT2D eigenvalue weighted by Gasteiger charge is 2.09. The lowest BCUT2D eigenvalue weighted by Crippen LogP contribution is -2.15. The summed E-state index contributed by atoms with van der Waals surface area (Å²) in [6, 6.07) is 1.71. The number of nitrogens with two attached hydrogens (primary N) is 1. The highest BCUT2D eigenvalue weighted by molar-refractivity contribution is 9.10. The first kappa shape index (κ1) is 10.2. The molecule has 0 aliphatic rings. The van der Waals surface area contributed by atoms with Gasteiger partial charge in [-0.25, -0.2) is 4.68 Å². The Balaban J connectivity index is 2.57. The number of hydrogen-bond donors (Lipinski definition) is 1. The van der Waals surface area contributed by atoms with Crippen LogP contribution in [0.15, 0.2) is 29.1 Å². The molecule has 2 heterocycles. The molecule has 0 radical (unpaired) electrons. The van der Waals surface area contributed by atoms with Gasteiger partial charge < -0.3 is 5.73 Å². The van der Waals surface area contributed by atoms with Crippen LogP contribution in [0.4, 0.5) is 0 Å². The van der Waals surface area contributed by atoms with E-state index >= 15 is 0 Å². The third kappa shape index (κ3) is 2.02. The topological polar surface area (TPSA) is 69.6 Å². The van der Waals surface area contributed by atoms with E-state index in [1.54, 1.807) is 23.1 Å². The van der Waals surface area contributed by atoms with Crippen molar-refractivity contribution in [3.05, 3.63) is 34.7 Å². The van der Waals surface area contributed by atoms with Gasteiger partial charge in [0.25, 0.3) is 0 Å². The standard InChI is InChI=1S/C8H6BrN5S/c9-5-3-12-14(4-5)8-6(7(10)15)1-2-11-13-8/h1-4H,(H2,10,15). The number of rotatable bonds is 2. The highest BCUT2D eigenvalue weighted by atomic mass is 79.9. The third-order valence-corrected chi connectivity index (χ3v) is 2.36. The molecule has 0 unspecified atom stereocenters. The molecule has 5 nitrogen and oxygen atoms in total. The van der Waals surface area contributed by atoms with Gasteiger partial charge in [-0.15, -0.1) is 5.10 Å². The van der Waals surface area contributed by atoms with E-state index < -0.39 is 0 Å². The van der Waals surface area contributed by atoms with Crippen molar-refractivity contribution < 1.29 is 0 Å². The molecule has 76 valence electrons. The first-order valence-corrected chi connectivity index (χ1v) is 5.20. The molecule has 0 fully saturated rings. The Kier molecular flexibility index (Phi) is 2.74. The molecule has 0 atom stereocenters. The summed E-state index contributed by atoms with van der Waals surface area (Å²) in [6.07, 6.45) is 4.94. The van der Waals surface area contributed by atoms with Crippen molar-refractivity contribution in [2.75, 3.05) is 0 Å². The third-order valence-electron chi connectivity index (χ3n) is 1.73. The van der Waals surface area contributed by atoms with E-state index in [0.717, 1.165) is 4.47 Å². The fraction of sp³-hybridized carbons (Fsp3) is 0. The zero-order chi connectivity index (χ0) is 10.8. The van der Waals surface area contributed by atoms with Crippen molar-refractivity contribution in [1.82, 2.24) is 20.0 Å². The van der Waals surface area contributed by atoms with Crippen molar-refractivity contribution in [2.24, 2.45) is 5.73 Å². The molecule has 2 N–H and O–H groups in total. The predicted molar refractivity (Wildman–Crippen MR) is 62.7 cm³/mol. The maximum atomic E-state index is 5.57. The first-order valence-electron chi connectivity index (χ1n) is 4.00. The number of hydrogen-bond acceptors (Lipinski definition) is 4. The molecule has 2 aromatic heterocycles. The quantitative estimate of drug-likeness (QED) is 0.835. The summed E-state index contributed by atoms with van der Waals surface area (Å²) in [5, 5.41) is 11.8. The Morgan fingerprint density at radius 1 is 1.53 bits per heavy atom. The fourth-order valence-electron chi connectivity index (χ4n) is 1.10. The lowest BCUT2D eigenvalue weighted by molar-refractivity contribution is 0.811. The van der Waals surface area contributed by atoms with Gasteiger partial charge in [-0.3, -0.25) is 0 Å². The molecule has 15 heavy (non-hydrogen) atoms. The maximum absolute atomic E-state index is 5.57. The van der Waals surface area contributed by atoms with Gasteiger partial charge in [0.1, 0.15) is 4.99 Å². The summed E-state index contributed by atoms with van der Waals surface area (Å²) in [7, 11) is 0. The smallest absolute Gasteiger partial charge is 0.185 e. The second kappa shape index (κ2) is 4.03. The minimum Gasteiger partial charge on any atom is -0.389 e. The summed E-state index contributed by atoms with van der Waals surface area (Å²) in [5.41, 5.74) is 6.22. The zero-order valence-electron chi connectivity index (χ0n) is 7.46. The fourth-order valence-corrected chi connectivity index (χ4v) is 1.55. The predicted octanol–water partition coefficient (Wildman–Crippen LogP) is 1.06. The number of aromatic nitrogens is 4. The van der Waals surface area contributed by atoms with E-state index in [2.05, 4.69) is 31.2 Å². The van der Waals surface area contributed by atoms with E-state index in [0.29, 0.717) is 11.4 Å². The summed E-state index contributed by atoms with van der Waals surface area (Å²) >= 11 is 8.21. The van der Waals surface area contributed by atoms with Crippen LogP contribution in [-0.4, -0.2) is 25.0 Å². The molecule has 0 bridgehead atoms. The van der Waals surface area contributed by atoms with Crippen LogP contribution in [0.2, 0.25) is 0 Å². The minimum atomic E-state index is 0.270. The van der Waals surface area contributed by atoms with Gasteiger partial charge in [0, 0.05) is 6.20 Å². The van der Waals surface area contributed by atoms with Gasteiger partial charge in [0.05, 0.1) is 22.4 Å². The Hall–Kier alpha value is -1.34. The van der Waals surface area contributed by atoms with Crippen LogP contribution in [0, 0.1) is 0 Å². The number of thiocarbonyl (C=S) groups is 1. The summed E-state index contributed by atoms with van der Waals surface area (Å²) in [5.74, 6) is 0.524.